The van der Waals surface area contributed by atoms with Gasteiger partial charge in [-0.3, -0.25) is 14.4 Å². The molecule has 1 N–H and O–H groups in total. The van der Waals surface area contributed by atoms with Gasteiger partial charge < -0.3 is 24.2 Å². The van der Waals surface area contributed by atoms with E-state index in [0.29, 0.717) is 6.42 Å². The normalized spacial score (nSPS) is 11.6. The highest BCUT2D eigenvalue weighted by molar-refractivity contribution is 5.88. The van der Waals surface area contributed by atoms with Gasteiger partial charge in [0, 0.05) is 20.1 Å². The zero-order valence-electron chi connectivity index (χ0n) is 17.4. The van der Waals surface area contributed by atoms with Gasteiger partial charge in [0.1, 0.15) is 12.3 Å². The van der Waals surface area contributed by atoms with Crippen LogP contribution in [0.3, 0.4) is 0 Å². The maximum Gasteiger partial charge on any atom is 0.325 e. The number of carbonyl (C=O) groups excluding carboxylic acids is 3. The van der Waals surface area contributed by atoms with E-state index in [4.69, 9.17) is 19.3 Å². The second-order valence-electron chi connectivity index (χ2n) is 6.85. The predicted octanol–water partition coefficient (Wildman–Crippen LogP) is 1.88. The summed E-state index contributed by atoms with van der Waals surface area (Å²) in [7, 11) is 3.02. The molecule has 1 atom stereocenters. The van der Waals surface area contributed by atoms with Crippen molar-refractivity contribution in [1.82, 2.24) is 4.90 Å². The van der Waals surface area contributed by atoms with Crippen molar-refractivity contribution in [3.63, 3.8) is 0 Å². The van der Waals surface area contributed by atoms with Gasteiger partial charge in [0.05, 0.1) is 19.6 Å². The summed E-state index contributed by atoms with van der Waals surface area (Å²) in [5.41, 5.74) is 0.769. The molecule has 30 heavy (non-hydrogen) atoms. The molecule has 8 nitrogen and oxygen atoms in total. The number of rotatable bonds is 10. The number of methoxy groups -OCH3 is 1. The molecule has 0 unspecified atom stereocenters. The quantitative estimate of drug-likeness (QED) is 0.465. The highest BCUT2D eigenvalue weighted by Gasteiger charge is 2.20. The van der Waals surface area contributed by atoms with Gasteiger partial charge >= 0.3 is 11.9 Å². The molecule has 0 saturated heterocycles. The molecule has 0 aromatic heterocycles. The third-order valence-corrected chi connectivity index (χ3v) is 4.62. The number of hydrogen-bond donors (Lipinski definition) is 1. The van der Waals surface area contributed by atoms with Crippen molar-refractivity contribution in [1.29, 1.82) is 0 Å². The second-order valence-corrected chi connectivity index (χ2v) is 6.85. The van der Waals surface area contributed by atoms with Crippen LogP contribution in [0, 0.1) is 0 Å². The van der Waals surface area contributed by atoms with Crippen molar-refractivity contribution >= 4 is 28.6 Å². The summed E-state index contributed by atoms with van der Waals surface area (Å²) in [5.74, 6) is -1.44. The van der Waals surface area contributed by atoms with Gasteiger partial charge in [-0.2, -0.15) is 0 Å². The molecule has 2 aromatic carbocycles. The van der Waals surface area contributed by atoms with E-state index in [1.165, 1.54) is 7.05 Å². The molecule has 0 radical (unpaired) electrons. The average molecular weight is 417 g/mol. The molecule has 0 aliphatic carbocycles. The molecule has 8 heteroatoms. The molecule has 0 saturated carbocycles. The van der Waals surface area contributed by atoms with Crippen LogP contribution in [0.5, 0.6) is 5.75 Å². The highest BCUT2D eigenvalue weighted by atomic mass is 16.5. The molecule has 2 aromatic rings. The Morgan fingerprint density at radius 1 is 1.07 bits per heavy atom. The lowest BCUT2D eigenvalue weighted by Crippen LogP contribution is -2.36. The van der Waals surface area contributed by atoms with Crippen molar-refractivity contribution in [2.75, 3.05) is 40.5 Å². The number of benzene rings is 2. The van der Waals surface area contributed by atoms with E-state index in [1.54, 1.807) is 14.0 Å². The molecule has 0 fully saturated rings. The number of hydrogen-bond acceptors (Lipinski definition) is 7. The Balaban J connectivity index is 1.88. The molecule has 162 valence electrons. The predicted molar refractivity (Wildman–Crippen MR) is 110 cm³/mol. The molecule has 0 aliphatic rings. The standard InChI is InChI=1S/C22H27NO7/c1-15(16-5-6-18-12-19(28-3)8-7-17(18)11-16)22(27)30-14-20(25)23(2)13-21(26)29-10-4-9-24/h5-8,11-12,15,24H,4,9-10,13-14H2,1-3H3/t15-/m0/s1. The fraction of sp³-hybridized carbons (Fsp3) is 0.409. The Bertz CT molecular complexity index is 896. The zero-order valence-corrected chi connectivity index (χ0v) is 17.4. The van der Waals surface area contributed by atoms with E-state index in [9.17, 15) is 14.4 Å². The van der Waals surface area contributed by atoms with Crippen molar-refractivity contribution < 1.29 is 33.7 Å². The summed E-state index contributed by atoms with van der Waals surface area (Å²) < 4.78 is 15.2. The maximum atomic E-state index is 12.4. The van der Waals surface area contributed by atoms with Crippen LogP contribution in [0.2, 0.25) is 0 Å². The number of nitrogens with zero attached hydrogens (tertiary/aromatic N) is 1. The number of esters is 2. The van der Waals surface area contributed by atoms with E-state index in [1.807, 2.05) is 36.4 Å². The number of amides is 1. The molecular weight excluding hydrogens is 390 g/mol. The number of carbonyl (C=O) groups is 3. The smallest absolute Gasteiger partial charge is 0.325 e. The number of fused-ring (bicyclic) bond motifs is 1. The van der Waals surface area contributed by atoms with Gasteiger partial charge in [0.15, 0.2) is 6.61 Å². The third-order valence-electron chi connectivity index (χ3n) is 4.62. The summed E-state index contributed by atoms with van der Waals surface area (Å²) in [6, 6.07) is 11.3. The fourth-order valence-corrected chi connectivity index (χ4v) is 2.72. The van der Waals surface area contributed by atoms with E-state index >= 15 is 0 Å². The van der Waals surface area contributed by atoms with Crippen LogP contribution >= 0.6 is 0 Å². The van der Waals surface area contributed by atoms with E-state index < -0.39 is 30.4 Å². The van der Waals surface area contributed by atoms with Crippen LogP contribution in [0.4, 0.5) is 0 Å². The Morgan fingerprint density at radius 2 is 1.77 bits per heavy atom. The van der Waals surface area contributed by atoms with Crippen LogP contribution in [0.25, 0.3) is 10.8 Å². The number of likely N-dealkylation sites (N-methyl/N-ethyl adjacent to an activating group) is 1. The molecule has 1 amide bonds. The molecule has 0 heterocycles. The topological polar surface area (TPSA) is 102 Å². The van der Waals surface area contributed by atoms with E-state index in [2.05, 4.69) is 0 Å². The van der Waals surface area contributed by atoms with Crippen LogP contribution in [0.1, 0.15) is 24.8 Å². The van der Waals surface area contributed by atoms with Crippen molar-refractivity contribution in [3.8, 4) is 5.75 Å². The van der Waals surface area contributed by atoms with Gasteiger partial charge in [0.25, 0.3) is 5.91 Å². The van der Waals surface area contributed by atoms with E-state index in [0.717, 1.165) is 27.0 Å². The molecule has 0 aliphatic heterocycles. The first-order chi connectivity index (χ1) is 14.3. The lowest BCUT2D eigenvalue weighted by atomic mass is 9.98. The van der Waals surface area contributed by atoms with Gasteiger partial charge in [-0.05, 0) is 35.4 Å². The van der Waals surface area contributed by atoms with Crippen LogP contribution in [0.15, 0.2) is 36.4 Å². The lowest BCUT2D eigenvalue weighted by Gasteiger charge is -2.17. The van der Waals surface area contributed by atoms with Crippen LogP contribution < -0.4 is 4.74 Å². The fourth-order valence-electron chi connectivity index (χ4n) is 2.72. The Labute approximate surface area is 175 Å². The SMILES string of the molecule is COc1ccc2cc([C@H](C)C(=O)OCC(=O)N(C)CC(=O)OCCCO)ccc2c1. The minimum absolute atomic E-state index is 0.0818. The van der Waals surface area contributed by atoms with Crippen LogP contribution in [-0.2, 0) is 23.9 Å². The summed E-state index contributed by atoms with van der Waals surface area (Å²) in [4.78, 5) is 37.2. The van der Waals surface area contributed by atoms with Crippen LogP contribution in [-0.4, -0.2) is 68.4 Å². The molecule has 2 rings (SSSR count). The van der Waals surface area contributed by atoms with Gasteiger partial charge in [-0.25, -0.2) is 0 Å². The van der Waals surface area contributed by atoms with Gasteiger partial charge in [-0.15, -0.1) is 0 Å². The largest absolute Gasteiger partial charge is 0.497 e. The third kappa shape index (κ3) is 6.45. The van der Waals surface area contributed by atoms with E-state index in [-0.39, 0.29) is 19.8 Å². The van der Waals surface area contributed by atoms with Crippen molar-refractivity contribution in [2.45, 2.75) is 19.3 Å². The Hall–Kier alpha value is -3.13. The maximum absolute atomic E-state index is 12.4. The second kappa shape index (κ2) is 11.2. The average Bonchev–Trinajstić information content (AvgIpc) is 2.75. The minimum Gasteiger partial charge on any atom is -0.497 e. The first-order valence-corrected chi connectivity index (χ1v) is 9.60. The molecular formula is C22H27NO7. The van der Waals surface area contributed by atoms with Gasteiger partial charge in [0.2, 0.25) is 0 Å². The number of aliphatic hydroxyl groups is 1. The first kappa shape index (κ1) is 23.2. The zero-order chi connectivity index (χ0) is 22.1. The summed E-state index contributed by atoms with van der Waals surface area (Å²) in [6.45, 7) is 0.990. The summed E-state index contributed by atoms with van der Waals surface area (Å²) in [5, 5.41) is 10.6. The Kier molecular flexibility index (Phi) is 8.61. The Morgan fingerprint density at radius 3 is 2.47 bits per heavy atom. The van der Waals surface area contributed by atoms with Crippen molar-refractivity contribution in [2.24, 2.45) is 0 Å². The lowest BCUT2D eigenvalue weighted by molar-refractivity contribution is -0.155. The number of ether oxygens (including phenoxy) is 3. The monoisotopic (exact) mass is 417 g/mol. The first-order valence-electron chi connectivity index (χ1n) is 9.60. The molecule has 0 spiro atoms. The molecule has 0 bridgehead atoms. The highest BCUT2D eigenvalue weighted by Crippen LogP contribution is 2.25. The van der Waals surface area contributed by atoms with Gasteiger partial charge in [-0.1, -0.05) is 24.3 Å². The minimum atomic E-state index is -0.591. The summed E-state index contributed by atoms with van der Waals surface area (Å²) in [6.07, 6.45) is 0.335. The summed E-state index contributed by atoms with van der Waals surface area (Å²) >= 11 is 0. The van der Waals surface area contributed by atoms with Crippen molar-refractivity contribution in [3.05, 3.63) is 42.0 Å². The number of aliphatic hydroxyl groups excluding tert-OH is 1.